The van der Waals surface area contributed by atoms with Crippen molar-refractivity contribution in [1.29, 1.82) is 0 Å². The number of hydrogen-bond donors (Lipinski definition) is 0. The SMILES string of the molecule is Brc1cnc(N2CCC(N3CCCCC3)CC2)nc1. The standard InChI is InChI=1S/C14H21BrN4/c15-12-10-16-14(17-11-12)19-8-4-13(5-9-19)18-6-2-1-3-7-18/h10-11,13H,1-9H2. The molecule has 2 fully saturated rings. The summed E-state index contributed by atoms with van der Waals surface area (Å²) in [6.07, 6.45) is 10.4. The van der Waals surface area contributed by atoms with Crippen LogP contribution in [0.4, 0.5) is 5.95 Å². The van der Waals surface area contributed by atoms with Crippen LogP contribution in [0, 0.1) is 0 Å². The molecule has 2 saturated heterocycles. The van der Waals surface area contributed by atoms with E-state index in [1.54, 1.807) is 0 Å². The summed E-state index contributed by atoms with van der Waals surface area (Å²) in [7, 11) is 0. The van der Waals surface area contributed by atoms with E-state index >= 15 is 0 Å². The van der Waals surface area contributed by atoms with Gasteiger partial charge in [-0.15, -0.1) is 0 Å². The first-order chi connectivity index (χ1) is 9.33. The highest BCUT2D eigenvalue weighted by atomic mass is 79.9. The van der Waals surface area contributed by atoms with E-state index in [0.29, 0.717) is 0 Å². The highest BCUT2D eigenvalue weighted by Gasteiger charge is 2.26. The minimum absolute atomic E-state index is 0.784. The van der Waals surface area contributed by atoms with Crippen LogP contribution in [-0.2, 0) is 0 Å². The highest BCUT2D eigenvalue weighted by Crippen LogP contribution is 2.23. The quantitative estimate of drug-likeness (QED) is 0.837. The molecule has 1 aromatic rings. The summed E-state index contributed by atoms with van der Waals surface area (Å²) in [5.74, 6) is 0.875. The van der Waals surface area contributed by atoms with Gasteiger partial charge < -0.3 is 9.80 Å². The Morgan fingerprint density at radius 1 is 0.947 bits per heavy atom. The summed E-state index contributed by atoms with van der Waals surface area (Å²) in [5, 5.41) is 0. The van der Waals surface area contributed by atoms with Crippen molar-refractivity contribution in [1.82, 2.24) is 14.9 Å². The molecule has 0 radical (unpaired) electrons. The maximum Gasteiger partial charge on any atom is 0.225 e. The number of halogens is 1. The average Bonchev–Trinajstić information content (AvgIpc) is 2.49. The van der Waals surface area contributed by atoms with Gasteiger partial charge in [-0.05, 0) is 54.7 Å². The van der Waals surface area contributed by atoms with Crippen LogP contribution < -0.4 is 4.90 Å². The van der Waals surface area contributed by atoms with E-state index in [9.17, 15) is 0 Å². The van der Waals surface area contributed by atoms with Crippen LogP contribution in [0.2, 0.25) is 0 Å². The zero-order valence-corrected chi connectivity index (χ0v) is 12.8. The molecule has 0 aromatic carbocycles. The van der Waals surface area contributed by atoms with Gasteiger partial charge in [-0.25, -0.2) is 9.97 Å². The summed E-state index contributed by atoms with van der Waals surface area (Å²) in [5.41, 5.74) is 0. The van der Waals surface area contributed by atoms with E-state index in [2.05, 4.69) is 35.7 Å². The van der Waals surface area contributed by atoms with Crippen LogP contribution in [0.25, 0.3) is 0 Å². The second-order valence-electron chi connectivity index (χ2n) is 5.52. The average molecular weight is 325 g/mol. The maximum atomic E-state index is 4.39. The van der Waals surface area contributed by atoms with Crippen molar-refractivity contribution in [2.24, 2.45) is 0 Å². The number of rotatable bonds is 2. The smallest absolute Gasteiger partial charge is 0.225 e. The second-order valence-corrected chi connectivity index (χ2v) is 6.43. The zero-order chi connectivity index (χ0) is 13.1. The molecule has 0 aliphatic carbocycles. The third-order valence-corrected chi connectivity index (χ3v) is 4.67. The summed E-state index contributed by atoms with van der Waals surface area (Å²) in [6, 6.07) is 0.784. The Kier molecular flexibility index (Phi) is 4.33. The minimum atomic E-state index is 0.784. The van der Waals surface area contributed by atoms with Gasteiger partial charge in [0, 0.05) is 31.5 Å². The first-order valence-corrected chi connectivity index (χ1v) is 8.09. The van der Waals surface area contributed by atoms with Crippen LogP contribution in [-0.4, -0.2) is 47.1 Å². The molecule has 0 amide bonds. The van der Waals surface area contributed by atoms with E-state index in [0.717, 1.165) is 29.6 Å². The van der Waals surface area contributed by atoms with E-state index in [1.165, 1.54) is 45.2 Å². The molecule has 3 heterocycles. The molecule has 3 rings (SSSR count). The fourth-order valence-electron chi connectivity index (χ4n) is 3.18. The van der Waals surface area contributed by atoms with Gasteiger partial charge in [-0.3, -0.25) is 0 Å². The highest BCUT2D eigenvalue weighted by molar-refractivity contribution is 9.10. The predicted octanol–water partition coefficient (Wildman–Crippen LogP) is 2.69. The monoisotopic (exact) mass is 324 g/mol. The van der Waals surface area contributed by atoms with Gasteiger partial charge >= 0.3 is 0 Å². The van der Waals surface area contributed by atoms with Gasteiger partial charge in [0.2, 0.25) is 5.95 Å². The Bertz CT molecular complexity index is 394. The zero-order valence-electron chi connectivity index (χ0n) is 11.3. The molecule has 0 spiro atoms. The minimum Gasteiger partial charge on any atom is -0.341 e. The van der Waals surface area contributed by atoms with Crippen LogP contribution in [0.5, 0.6) is 0 Å². The Balaban J connectivity index is 1.55. The number of likely N-dealkylation sites (tertiary alicyclic amines) is 1. The van der Waals surface area contributed by atoms with Crippen molar-refractivity contribution in [3.63, 3.8) is 0 Å². The van der Waals surface area contributed by atoms with Crippen molar-refractivity contribution in [3.05, 3.63) is 16.9 Å². The summed E-state index contributed by atoms with van der Waals surface area (Å²) < 4.78 is 0.944. The molecule has 0 bridgehead atoms. The number of nitrogens with zero attached hydrogens (tertiary/aromatic N) is 4. The molecule has 5 heteroatoms. The van der Waals surface area contributed by atoms with Gasteiger partial charge in [0.15, 0.2) is 0 Å². The fourth-order valence-corrected chi connectivity index (χ4v) is 3.39. The lowest BCUT2D eigenvalue weighted by Crippen LogP contribution is -2.47. The molecule has 4 nitrogen and oxygen atoms in total. The van der Waals surface area contributed by atoms with Crippen molar-refractivity contribution in [2.45, 2.75) is 38.1 Å². The molecule has 2 aliphatic rings. The normalized spacial score (nSPS) is 22.7. The van der Waals surface area contributed by atoms with Gasteiger partial charge in [-0.1, -0.05) is 6.42 Å². The molecule has 2 aliphatic heterocycles. The molecule has 1 aromatic heterocycles. The Morgan fingerprint density at radius 3 is 2.21 bits per heavy atom. The summed E-state index contributed by atoms with van der Waals surface area (Å²) in [6.45, 7) is 4.78. The molecule has 0 N–H and O–H groups in total. The van der Waals surface area contributed by atoms with Gasteiger partial charge in [0.25, 0.3) is 0 Å². The predicted molar refractivity (Wildman–Crippen MR) is 80.4 cm³/mol. The Hall–Kier alpha value is -0.680. The second kappa shape index (κ2) is 6.18. The third-order valence-electron chi connectivity index (χ3n) is 4.26. The molecule has 0 saturated carbocycles. The fraction of sp³-hybridized carbons (Fsp3) is 0.714. The largest absolute Gasteiger partial charge is 0.341 e. The number of anilines is 1. The first kappa shape index (κ1) is 13.3. The van der Waals surface area contributed by atoms with Crippen molar-refractivity contribution < 1.29 is 0 Å². The number of hydrogen-bond acceptors (Lipinski definition) is 4. The van der Waals surface area contributed by atoms with E-state index in [1.807, 2.05) is 12.4 Å². The molecular formula is C14H21BrN4. The van der Waals surface area contributed by atoms with Gasteiger partial charge in [0.1, 0.15) is 0 Å². The third kappa shape index (κ3) is 3.26. The lowest BCUT2D eigenvalue weighted by molar-refractivity contribution is 0.141. The maximum absolute atomic E-state index is 4.39. The van der Waals surface area contributed by atoms with Crippen LogP contribution in [0.15, 0.2) is 16.9 Å². The van der Waals surface area contributed by atoms with Gasteiger partial charge in [-0.2, -0.15) is 0 Å². The van der Waals surface area contributed by atoms with Crippen molar-refractivity contribution in [3.8, 4) is 0 Å². The Morgan fingerprint density at radius 2 is 1.58 bits per heavy atom. The lowest BCUT2D eigenvalue weighted by atomic mass is 10.0. The number of aromatic nitrogens is 2. The topological polar surface area (TPSA) is 32.3 Å². The molecule has 104 valence electrons. The molecule has 0 atom stereocenters. The van der Waals surface area contributed by atoms with E-state index in [4.69, 9.17) is 0 Å². The van der Waals surface area contributed by atoms with Crippen LogP contribution >= 0.6 is 15.9 Å². The Labute approximate surface area is 123 Å². The first-order valence-electron chi connectivity index (χ1n) is 7.29. The molecular weight excluding hydrogens is 304 g/mol. The van der Waals surface area contributed by atoms with Gasteiger partial charge in [0.05, 0.1) is 4.47 Å². The lowest BCUT2D eigenvalue weighted by Gasteiger charge is -2.40. The van der Waals surface area contributed by atoms with Crippen LogP contribution in [0.3, 0.4) is 0 Å². The van der Waals surface area contributed by atoms with Crippen LogP contribution in [0.1, 0.15) is 32.1 Å². The summed E-state index contributed by atoms with van der Waals surface area (Å²) >= 11 is 3.38. The van der Waals surface area contributed by atoms with E-state index < -0.39 is 0 Å². The van der Waals surface area contributed by atoms with Crippen molar-refractivity contribution in [2.75, 3.05) is 31.1 Å². The molecule has 19 heavy (non-hydrogen) atoms. The summed E-state index contributed by atoms with van der Waals surface area (Å²) in [4.78, 5) is 13.8. The van der Waals surface area contributed by atoms with Crippen molar-refractivity contribution >= 4 is 21.9 Å². The number of piperidine rings is 2. The molecule has 0 unspecified atom stereocenters. The van der Waals surface area contributed by atoms with E-state index in [-0.39, 0.29) is 0 Å².